The third kappa shape index (κ3) is 4.81. The van der Waals surface area contributed by atoms with E-state index in [2.05, 4.69) is 9.62 Å². The summed E-state index contributed by atoms with van der Waals surface area (Å²) in [5.41, 5.74) is 3.44. The molecule has 0 amide bonds. The van der Waals surface area contributed by atoms with E-state index < -0.39 is 10.0 Å². The molecule has 4 nitrogen and oxygen atoms in total. The molecule has 0 saturated carbocycles. The van der Waals surface area contributed by atoms with E-state index in [-0.39, 0.29) is 0 Å². The van der Waals surface area contributed by atoms with Crippen LogP contribution in [-0.2, 0) is 16.4 Å². The van der Waals surface area contributed by atoms with Crippen molar-refractivity contribution in [3.8, 4) is 0 Å². The largest absolute Gasteiger partial charge is 0.309 e. The molecular weight excluding hydrogens is 308 g/mol. The highest BCUT2D eigenvalue weighted by Crippen LogP contribution is 2.21. The van der Waals surface area contributed by atoms with E-state index >= 15 is 0 Å². The average Bonchev–Trinajstić information content (AvgIpc) is 2.48. The van der Waals surface area contributed by atoms with Gasteiger partial charge in [0.25, 0.3) is 10.0 Å². The van der Waals surface area contributed by atoms with Gasteiger partial charge >= 0.3 is 0 Å². The Hall–Kier alpha value is -1.85. The molecule has 5 heteroatoms. The van der Waals surface area contributed by atoms with Crippen LogP contribution in [0.1, 0.15) is 16.7 Å². The molecular formula is C18H24N2O2S. The SMILES string of the molecule is Cc1ccc(C)c(S(=O)(=O)Nc2ccc(CCN(C)C)cc2)c1. The van der Waals surface area contributed by atoms with Crippen molar-refractivity contribution < 1.29 is 8.42 Å². The predicted molar refractivity (Wildman–Crippen MR) is 95.4 cm³/mol. The van der Waals surface area contributed by atoms with E-state index in [4.69, 9.17) is 0 Å². The van der Waals surface area contributed by atoms with Gasteiger partial charge < -0.3 is 4.90 Å². The first-order valence-electron chi connectivity index (χ1n) is 7.62. The van der Waals surface area contributed by atoms with Crippen LogP contribution < -0.4 is 4.72 Å². The molecule has 124 valence electrons. The number of nitrogens with zero attached hydrogens (tertiary/aromatic N) is 1. The van der Waals surface area contributed by atoms with Crippen LogP contribution in [0, 0.1) is 13.8 Å². The molecule has 0 aliphatic carbocycles. The first-order chi connectivity index (χ1) is 10.8. The van der Waals surface area contributed by atoms with E-state index in [0.29, 0.717) is 10.6 Å². The van der Waals surface area contributed by atoms with Gasteiger partial charge in [-0.3, -0.25) is 4.72 Å². The minimum absolute atomic E-state index is 0.328. The lowest BCUT2D eigenvalue weighted by molar-refractivity contribution is 0.413. The summed E-state index contributed by atoms with van der Waals surface area (Å²) in [5.74, 6) is 0. The number of nitrogens with one attached hydrogen (secondary N) is 1. The van der Waals surface area contributed by atoms with Gasteiger partial charge in [-0.25, -0.2) is 8.42 Å². The summed E-state index contributed by atoms with van der Waals surface area (Å²) < 4.78 is 27.8. The lowest BCUT2D eigenvalue weighted by Crippen LogP contribution is -2.15. The van der Waals surface area contributed by atoms with Crippen LogP contribution >= 0.6 is 0 Å². The number of benzene rings is 2. The Balaban J connectivity index is 2.16. The third-order valence-electron chi connectivity index (χ3n) is 3.69. The molecule has 0 radical (unpaired) electrons. The fraction of sp³-hybridized carbons (Fsp3) is 0.333. The number of rotatable bonds is 6. The predicted octanol–water partition coefficient (Wildman–Crippen LogP) is 3.21. The molecule has 0 aliphatic heterocycles. The van der Waals surface area contributed by atoms with Crippen molar-refractivity contribution in [1.82, 2.24) is 4.90 Å². The fourth-order valence-corrected chi connectivity index (χ4v) is 3.69. The van der Waals surface area contributed by atoms with Crippen molar-refractivity contribution >= 4 is 15.7 Å². The summed E-state index contributed by atoms with van der Waals surface area (Å²) in [6, 6.07) is 13.0. The zero-order valence-corrected chi connectivity index (χ0v) is 14.9. The summed E-state index contributed by atoms with van der Waals surface area (Å²) in [4.78, 5) is 2.45. The van der Waals surface area contributed by atoms with E-state index in [0.717, 1.165) is 24.1 Å². The molecule has 0 saturated heterocycles. The summed E-state index contributed by atoms with van der Waals surface area (Å²) in [6.07, 6.45) is 0.941. The molecule has 0 aliphatic rings. The molecule has 0 spiro atoms. The number of sulfonamides is 1. The van der Waals surface area contributed by atoms with Gasteiger partial charge in [0, 0.05) is 12.2 Å². The van der Waals surface area contributed by atoms with Crippen LogP contribution in [0.3, 0.4) is 0 Å². The Bertz CT molecular complexity index is 766. The normalized spacial score (nSPS) is 11.7. The Kier molecular flexibility index (Phi) is 5.44. The molecule has 0 bridgehead atoms. The maximum absolute atomic E-state index is 12.6. The Morgan fingerprint density at radius 3 is 2.26 bits per heavy atom. The minimum Gasteiger partial charge on any atom is -0.309 e. The van der Waals surface area contributed by atoms with Crippen LogP contribution in [0.15, 0.2) is 47.4 Å². The van der Waals surface area contributed by atoms with Gasteiger partial charge in [0.1, 0.15) is 0 Å². The monoisotopic (exact) mass is 332 g/mol. The molecule has 0 atom stereocenters. The van der Waals surface area contributed by atoms with Crippen LogP contribution in [0.5, 0.6) is 0 Å². The smallest absolute Gasteiger partial charge is 0.262 e. The Morgan fingerprint density at radius 2 is 1.65 bits per heavy atom. The maximum Gasteiger partial charge on any atom is 0.262 e. The quantitative estimate of drug-likeness (QED) is 0.884. The van der Waals surface area contributed by atoms with Gasteiger partial charge in [-0.1, -0.05) is 24.3 Å². The highest BCUT2D eigenvalue weighted by molar-refractivity contribution is 7.92. The molecule has 1 N–H and O–H groups in total. The van der Waals surface area contributed by atoms with Gasteiger partial charge in [-0.15, -0.1) is 0 Å². The molecule has 2 aromatic carbocycles. The molecule has 2 rings (SSSR count). The Labute approximate surface area is 139 Å². The average molecular weight is 332 g/mol. The van der Waals surface area contributed by atoms with Gasteiger partial charge in [0.05, 0.1) is 4.90 Å². The van der Waals surface area contributed by atoms with E-state index in [1.807, 2.05) is 57.4 Å². The van der Waals surface area contributed by atoms with Crippen LogP contribution in [0.25, 0.3) is 0 Å². The zero-order valence-electron chi connectivity index (χ0n) is 14.1. The van der Waals surface area contributed by atoms with Crippen molar-refractivity contribution in [3.63, 3.8) is 0 Å². The second-order valence-corrected chi connectivity index (χ2v) is 7.78. The minimum atomic E-state index is -3.56. The number of aryl methyl sites for hydroxylation is 2. The summed E-state index contributed by atoms with van der Waals surface area (Å²) in [5, 5.41) is 0. The molecule has 2 aromatic rings. The maximum atomic E-state index is 12.6. The molecule has 0 fully saturated rings. The zero-order chi connectivity index (χ0) is 17.0. The van der Waals surface area contributed by atoms with Crippen molar-refractivity contribution in [2.24, 2.45) is 0 Å². The molecule has 0 unspecified atom stereocenters. The summed E-state index contributed by atoms with van der Waals surface area (Å²) in [6.45, 7) is 4.66. The number of hydrogen-bond acceptors (Lipinski definition) is 3. The van der Waals surface area contributed by atoms with Gasteiger partial charge in [-0.2, -0.15) is 0 Å². The van der Waals surface area contributed by atoms with Crippen molar-refractivity contribution in [2.45, 2.75) is 25.2 Å². The second kappa shape index (κ2) is 7.15. The van der Waals surface area contributed by atoms with Gasteiger partial charge in [0.15, 0.2) is 0 Å². The molecule has 0 heterocycles. The van der Waals surface area contributed by atoms with Crippen LogP contribution in [0.4, 0.5) is 5.69 Å². The third-order valence-corrected chi connectivity index (χ3v) is 5.21. The van der Waals surface area contributed by atoms with Crippen molar-refractivity contribution in [3.05, 3.63) is 59.2 Å². The number of anilines is 1. The first kappa shape index (κ1) is 17.5. The first-order valence-corrected chi connectivity index (χ1v) is 9.10. The summed E-state index contributed by atoms with van der Waals surface area (Å²) in [7, 11) is 0.506. The lowest BCUT2D eigenvalue weighted by atomic mass is 10.1. The summed E-state index contributed by atoms with van der Waals surface area (Å²) >= 11 is 0. The van der Waals surface area contributed by atoms with E-state index in [1.54, 1.807) is 13.0 Å². The van der Waals surface area contributed by atoms with E-state index in [1.165, 1.54) is 5.56 Å². The van der Waals surface area contributed by atoms with Crippen LogP contribution in [0.2, 0.25) is 0 Å². The highest BCUT2D eigenvalue weighted by Gasteiger charge is 2.17. The standard InChI is InChI=1S/C18H24N2O2S/c1-14-5-6-15(2)18(13-14)23(21,22)19-17-9-7-16(8-10-17)11-12-20(3)4/h5-10,13,19H,11-12H2,1-4H3. The number of likely N-dealkylation sites (N-methyl/N-ethyl adjacent to an activating group) is 1. The fourth-order valence-electron chi connectivity index (χ4n) is 2.30. The topological polar surface area (TPSA) is 49.4 Å². The second-order valence-electron chi connectivity index (χ2n) is 6.12. The van der Waals surface area contributed by atoms with Gasteiger partial charge in [-0.05, 0) is 69.3 Å². The van der Waals surface area contributed by atoms with E-state index in [9.17, 15) is 8.42 Å². The van der Waals surface area contributed by atoms with Crippen molar-refractivity contribution in [1.29, 1.82) is 0 Å². The molecule has 0 aromatic heterocycles. The van der Waals surface area contributed by atoms with Gasteiger partial charge in [0.2, 0.25) is 0 Å². The molecule has 23 heavy (non-hydrogen) atoms. The van der Waals surface area contributed by atoms with Crippen molar-refractivity contribution in [2.75, 3.05) is 25.4 Å². The number of hydrogen-bond donors (Lipinski definition) is 1. The van der Waals surface area contributed by atoms with Crippen LogP contribution in [-0.4, -0.2) is 34.0 Å². The highest BCUT2D eigenvalue weighted by atomic mass is 32.2. The Morgan fingerprint density at radius 1 is 1.00 bits per heavy atom. The lowest BCUT2D eigenvalue weighted by Gasteiger charge is -2.12.